The van der Waals surface area contributed by atoms with Crippen molar-refractivity contribution in [2.75, 3.05) is 36.6 Å². The molecule has 2 aromatic carbocycles. The molecule has 69 heavy (non-hydrogen) atoms. The van der Waals surface area contributed by atoms with E-state index in [1.54, 1.807) is 69.2 Å². The molecule has 23 nitrogen and oxygen atoms in total. The number of nitrogens with one attached hydrogen (secondary N) is 2. The molecule has 0 atom stereocenters. The Morgan fingerprint density at radius 1 is 0.768 bits per heavy atom. The maximum Gasteiger partial charge on any atom is 0.303 e. The monoisotopic (exact) mass is 945 g/mol. The first-order valence-corrected chi connectivity index (χ1v) is 21.9. The number of carbonyl (C=O) groups is 5. The highest BCUT2D eigenvalue weighted by atomic mass is 16.5. The molecular weight excluding hydrogens is 891 g/mol. The molecule has 0 aliphatic rings. The molecule has 0 unspecified atom stereocenters. The van der Waals surface area contributed by atoms with E-state index in [2.05, 4.69) is 30.9 Å². The number of aromatic nitrogens is 10. The number of aliphatic carboxylic acids is 1. The summed E-state index contributed by atoms with van der Waals surface area (Å²) in [5, 5.41) is 27.8. The van der Waals surface area contributed by atoms with Crippen molar-refractivity contribution in [2.45, 2.75) is 73.3 Å². The van der Waals surface area contributed by atoms with E-state index in [0.717, 1.165) is 18.5 Å². The van der Waals surface area contributed by atoms with E-state index in [4.69, 9.17) is 36.8 Å². The van der Waals surface area contributed by atoms with Crippen molar-refractivity contribution in [3.05, 3.63) is 107 Å². The number of aldehydes is 1. The van der Waals surface area contributed by atoms with Crippen LogP contribution in [-0.2, 0) is 37.5 Å². The van der Waals surface area contributed by atoms with Gasteiger partial charge in [-0.15, -0.1) is 0 Å². The molecule has 3 amide bonds. The average molecular weight is 946 g/mol. The molecule has 0 aliphatic carbocycles. The molecule has 0 bridgehead atoms. The number of primary amides is 2. The fourth-order valence-electron chi connectivity index (χ4n) is 7.29. The van der Waals surface area contributed by atoms with Crippen molar-refractivity contribution in [2.24, 2.45) is 11.5 Å². The zero-order valence-electron chi connectivity index (χ0n) is 38.9. The Bertz CT molecular complexity index is 3060. The maximum absolute atomic E-state index is 13.7. The third kappa shape index (κ3) is 12.2. The van der Waals surface area contributed by atoms with Crippen LogP contribution in [0.4, 0.5) is 17.6 Å². The van der Waals surface area contributed by atoms with Crippen molar-refractivity contribution < 1.29 is 38.6 Å². The number of hydrogen-bond acceptors (Lipinski definition) is 14. The highest BCUT2D eigenvalue weighted by Gasteiger charge is 2.22. The number of rotatable bonds is 22. The number of anilines is 3. The second-order valence-electron chi connectivity index (χ2n) is 15.4. The van der Waals surface area contributed by atoms with Gasteiger partial charge in [0.15, 0.2) is 6.29 Å². The molecule has 0 fully saturated rings. The van der Waals surface area contributed by atoms with Gasteiger partial charge in [0.1, 0.15) is 40.5 Å². The van der Waals surface area contributed by atoms with Gasteiger partial charge < -0.3 is 46.2 Å². The van der Waals surface area contributed by atoms with Crippen LogP contribution in [0.3, 0.4) is 0 Å². The number of benzene rings is 2. The number of imidazole rings is 2. The normalized spacial score (nSPS) is 11.3. The molecule has 5 aromatic heterocycles. The number of nitrogens with two attached hydrogens (primary N) is 3. The fraction of sp³-hybridized carbons (Fsp3) is 0.304. The van der Waals surface area contributed by atoms with Gasteiger partial charge in [-0.2, -0.15) is 15.3 Å². The lowest BCUT2D eigenvalue weighted by Gasteiger charge is -2.13. The first-order chi connectivity index (χ1) is 33.1. The minimum Gasteiger partial charge on any atom is -0.491 e. The summed E-state index contributed by atoms with van der Waals surface area (Å²) in [4.78, 5) is 69.2. The number of carboxylic acid groups (broad SMARTS) is 1. The first kappa shape index (κ1) is 49.7. The zero-order valence-corrected chi connectivity index (χ0v) is 38.9. The highest BCUT2D eigenvalue weighted by molar-refractivity contribution is 6.04. The number of carboxylic acids is 1. The largest absolute Gasteiger partial charge is 0.491 e. The van der Waals surface area contributed by atoms with Crippen LogP contribution in [0.5, 0.6) is 11.5 Å². The van der Waals surface area contributed by atoms with Crippen LogP contribution in [0.2, 0.25) is 0 Å². The average Bonchev–Trinajstić information content (AvgIpc) is 4.16. The van der Waals surface area contributed by atoms with Crippen LogP contribution in [0.25, 0.3) is 22.1 Å². The molecule has 9 N–H and O–H groups in total. The van der Waals surface area contributed by atoms with E-state index in [1.165, 1.54) is 12.1 Å². The number of hydrogen-bond donors (Lipinski definition) is 6. The van der Waals surface area contributed by atoms with Crippen LogP contribution in [0.15, 0.2) is 73.1 Å². The lowest BCUT2D eigenvalue weighted by atomic mass is 10.1. The Hall–Kier alpha value is -8.76. The molecule has 0 saturated heterocycles. The van der Waals surface area contributed by atoms with E-state index in [0.29, 0.717) is 69.6 Å². The van der Waals surface area contributed by atoms with Gasteiger partial charge in [-0.1, -0.05) is 18.2 Å². The van der Waals surface area contributed by atoms with Gasteiger partial charge in [0, 0.05) is 57.0 Å². The zero-order chi connectivity index (χ0) is 49.8. The summed E-state index contributed by atoms with van der Waals surface area (Å²) in [7, 11) is 1.72. The molecule has 7 aromatic rings. The second kappa shape index (κ2) is 22.6. The van der Waals surface area contributed by atoms with Crippen LogP contribution < -0.4 is 37.3 Å². The Morgan fingerprint density at radius 2 is 1.35 bits per heavy atom. The number of nitrogen functional groups attached to an aromatic ring is 1. The third-order valence-corrected chi connectivity index (χ3v) is 10.4. The predicted molar refractivity (Wildman–Crippen MR) is 257 cm³/mol. The van der Waals surface area contributed by atoms with Gasteiger partial charge >= 0.3 is 5.97 Å². The molecule has 0 saturated carbocycles. The van der Waals surface area contributed by atoms with Gasteiger partial charge in [-0.3, -0.25) is 43.3 Å². The Kier molecular flexibility index (Phi) is 16.3. The minimum atomic E-state index is -0.977. The van der Waals surface area contributed by atoms with Crippen LogP contribution in [0, 0.1) is 13.8 Å². The predicted octanol–water partition coefficient (Wildman–Crippen LogP) is 4.34. The maximum atomic E-state index is 13.7. The van der Waals surface area contributed by atoms with E-state index < -0.39 is 23.7 Å². The van der Waals surface area contributed by atoms with Gasteiger partial charge in [0.2, 0.25) is 23.7 Å². The van der Waals surface area contributed by atoms with E-state index in [-0.39, 0.29) is 62.0 Å². The topological polar surface area (TPSA) is 315 Å². The molecule has 362 valence electrons. The second-order valence-corrected chi connectivity index (χ2v) is 15.4. The van der Waals surface area contributed by atoms with Gasteiger partial charge in [0.25, 0.3) is 5.91 Å². The van der Waals surface area contributed by atoms with Gasteiger partial charge in [-0.05, 0) is 76.6 Å². The standard InChI is InChI=1S/C39H45N13O7.C7H10N2O/c1-4-52-29(16-23(2)48-52)37(57)47-39-46-28-18-25(36(42)56)20-31(59-15-9-10-32(53)54)34(28)51(39)13-6-5-12-50-33-27(45-38(50)43-3)17-24(35(41)55)19-30(33)58-14-8-7-11-49-22-26(40)21-44-49;1-3-9-7(5-10)4-6(2)8-9/h5-8,16-22H,4,9-15,40H2,1-3H3,(H2,41,55)(H2,42,56)(H,43,45)(H,53,54)(H,46,47,57);4-5H,3H2,1-2H3/b6-5+,8-7+;. The number of aryl methyl sites for hydroxylation is 4. The lowest BCUT2D eigenvalue weighted by molar-refractivity contribution is -0.137. The molecule has 23 heteroatoms. The summed E-state index contributed by atoms with van der Waals surface area (Å²) in [6.07, 6.45) is 11.6. The quantitative estimate of drug-likeness (QED) is 0.0313. The fourth-order valence-corrected chi connectivity index (χ4v) is 7.29. The van der Waals surface area contributed by atoms with Crippen LogP contribution >= 0.6 is 0 Å². The molecule has 0 radical (unpaired) electrons. The Labute approximate surface area is 395 Å². The van der Waals surface area contributed by atoms with E-state index >= 15 is 0 Å². The summed E-state index contributed by atoms with van der Waals surface area (Å²) in [5.41, 5.74) is 22.3. The first-order valence-electron chi connectivity index (χ1n) is 21.9. The lowest BCUT2D eigenvalue weighted by Crippen LogP contribution is -2.20. The summed E-state index contributed by atoms with van der Waals surface area (Å²) in [5.74, 6) is -1.55. The van der Waals surface area contributed by atoms with Crippen LogP contribution in [-0.4, -0.2) is 104 Å². The SMILES string of the molecule is CCn1nc(C)cc1C(=O)Nc1nc2cc(C(N)=O)cc(OCCCC(=O)O)c2n1C/C=C/Cn1c(NC)nc2cc(C(N)=O)cc(OC/C=C/Cn3cc(N)cn3)c21.CCn1nc(C)cc1C=O. The van der Waals surface area contributed by atoms with Crippen molar-refractivity contribution in [3.8, 4) is 11.5 Å². The number of allylic oxidation sites excluding steroid dienone is 3. The number of amides is 3. The van der Waals surface area contributed by atoms with Gasteiger partial charge in [-0.25, -0.2) is 9.97 Å². The molecule has 0 aliphatic heterocycles. The highest BCUT2D eigenvalue weighted by Crippen LogP contribution is 2.33. The molecular formula is C46H55N15O8. The Morgan fingerprint density at radius 3 is 1.90 bits per heavy atom. The Balaban J connectivity index is 0.000000694. The van der Waals surface area contributed by atoms with Crippen molar-refractivity contribution in [3.63, 3.8) is 0 Å². The van der Waals surface area contributed by atoms with E-state index in [9.17, 15) is 24.0 Å². The van der Waals surface area contributed by atoms with Crippen molar-refractivity contribution in [1.29, 1.82) is 0 Å². The van der Waals surface area contributed by atoms with Gasteiger partial charge in [0.05, 0.1) is 47.5 Å². The summed E-state index contributed by atoms with van der Waals surface area (Å²) in [6.45, 7) is 9.81. The van der Waals surface area contributed by atoms with Crippen molar-refractivity contribution >= 4 is 69.6 Å². The number of ether oxygens (including phenoxy) is 2. The summed E-state index contributed by atoms with van der Waals surface area (Å²) < 4.78 is 20.7. The van der Waals surface area contributed by atoms with Crippen molar-refractivity contribution in [1.82, 2.24) is 48.4 Å². The minimum absolute atomic E-state index is 0.0267. The van der Waals surface area contributed by atoms with Crippen LogP contribution in [0.1, 0.15) is 79.8 Å². The summed E-state index contributed by atoms with van der Waals surface area (Å²) >= 11 is 0. The van der Waals surface area contributed by atoms with E-state index in [1.807, 2.05) is 49.6 Å². The number of carbonyl (C=O) groups excluding carboxylic acids is 4. The third-order valence-electron chi connectivity index (χ3n) is 10.4. The molecule has 0 spiro atoms. The molecule has 7 rings (SSSR count). The number of nitrogens with zero attached hydrogens (tertiary/aromatic N) is 10. The smallest absolute Gasteiger partial charge is 0.303 e. The molecule has 5 heterocycles. The summed E-state index contributed by atoms with van der Waals surface area (Å²) in [6, 6.07) is 9.58. The number of fused-ring (bicyclic) bond motifs is 2.